The van der Waals surface area contributed by atoms with Crippen molar-refractivity contribution in [3.05, 3.63) is 47.5 Å². The summed E-state index contributed by atoms with van der Waals surface area (Å²) in [5.74, 6) is 1.45. The van der Waals surface area contributed by atoms with Gasteiger partial charge in [0.2, 0.25) is 5.75 Å². The number of ketones is 2. The number of hydrogen-bond donors (Lipinski definition) is 0. The predicted octanol–water partition coefficient (Wildman–Crippen LogP) is 3.18. The third kappa shape index (κ3) is 4.29. The van der Waals surface area contributed by atoms with Crippen LogP contribution in [0.4, 0.5) is 0 Å². The maximum atomic E-state index is 12.4. The van der Waals surface area contributed by atoms with E-state index in [1.54, 1.807) is 36.4 Å². The fourth-order valence-corrected chi connectivity index (χ4v) is 2.26. The van der Waals surface area contributed by atoms with Gasteiger partial charge in [0.05, 0.1) is 21.3 Å². The van der Waals surface area contributed by atoms with Crippen LogP contribution in [0.5, 0.6) is 23.0 Å². The van der Waals surface area contributed by atoms with E-state index in [0.717, 1.165) is 0 Å². The van der Waals surface area contributed by atoms with Gasteiger partial charge in [-0.1, -0.05) is 0 Å². The largest absolute Gasteiger partial charge is 0.493 e. The lowest BCUT2D eigenvalue weighted by atomic mass is 10.1. The standard InChI is InChI=1S/C19H20O6/c1-12(20)13-5-7-15(8-6-13)25-11-16(21)14-9-17(22-2)19(24-4)18(10-14)23-3/h5-10H,11H2,1-4H3. The minimum Gasteiger partial charge on any atom is -0.493 e. The first-order chi connectivity index (χ1) is 12.0. The molecule has 6 heteroatoms. The lowest BCUT2D eigenvalue weighted by Crippen LogP contribution is -2.12. The van der Waals surface area contributed by atoms with Gasteiger partial charge in [-0.15, -0.1) is 0 Å². The van der Waals surface area contributed by atoms with Crippen LogP contribution < -0.4 is 18.9 Å². The van der Waals surface area contributed by atoms with E-state index in [4.69, 9.17) is 18.9 Å². The molecule has 2 aromatic rings. The zero-order valence-electron chi connectivity index (χ0n) is 14.6. The highest BCUT2D eigenvalue weighted by Gasteiger charge is 2.17. The Morgan fingerprint density at radius 1 is 0.840 bits per heavy atom. The van der Waals surface area contributed by atoms with Crippen LogP contribution in [-0.4, -0.2) is 39.5 Å². The Balaban J connectivity index is 2.13. The summed E-state index contributed by atoms with van der Waals surface area (Å²) < 4.78 is 21.2. The first-order valence-corrected chi connectivity index (χ1v) is 7.57. The molecule has 0 fully saturated rings. The van der Waals surface area contributed by atoms with E-state index < -0.39 is 0 Å². The molecule has 0 aromatic heterocycles. The van der Waals surface area contributed by atoms with Gasteiger partial charge in [0.15, 0.2) is 29.7 Å². The molecule has 0 amide bonds. The summed E-state index contributed by atoms with van der Waals surface area (Å²) in [7, 11) is 4.47. The van der Waals surface area contributed by atoms with Crippen molar-refractivity contribution >= 4 is 11.6 Å². The first-order valence-electron chi connectivity index (χ1n) is 7.57. The van der Waals surface area contributed by atoms with Crippen molar-refractivity contribution in [3.8, 4) is 23.0 Å². The smallest absolute Gasteiger partial charge is 0.203 e. The number of ether oxygens (including phenoxy) is 4. The summed E-state index contributed by atoms with van der Waals surface area (Å²) in [6.45, 7) is 1.34. The van der Waals surface area contributed by atoms with Crippen molar-refractivity contribution in [2.24, 2.45) is 0 Å². The fourth-order valence-electron chi connectivity index (χ4n) is 2.26. The Morgan fingerprint density at radius 2 is 1.40 bits per heavy atom. The summed E-state index contributed by atoms with van der Waals surface area (Å²) in [5, 5.41) is 0. The molecule has 2 aromatic carbocycles. The van der Waals surface area contributed by atoms with Crippen LogP contribution in [0.2, 0.25) is 0 Å². The molecule has 0 aliphatic rings. The van der Waals surface area contributed by atoms with Crippen LogP contribution in [-0.2, 0) is 0 Å². The van der Waals surface area contributed by atoms with Crippen LogP contribution in [0, 0.1) is 0 Å². The molecule has 25 heavy (non-hydrogen) atoms. The molecule has 0 saturated carbocycles. The van der Waals surface area contributed by atoms with E-state index in [-0.39, 0.29) is 18.2 Å². The quantitative estimate of drug-likeness (QED) is 0.685. The summed E-state index contributed by atoms with van der Waals surface area (Å²) in [5.41, 5.74) is 0.971. The van der Waals surface area contributed by atoms with Gasteiger partial charge in [0.1, 0.15) is 5.75 Å². The van der Waals surface area contributed by atoms with Crippen LogP contribution >= 0.6 is 0 Å². The minimum atomic E-state index is -0.241. The summed E-state index contributed by atoms with van der Waals surface area (Å²) in [6, 6.07) is 9.76. The van der Waals surface area contributed by atoms with E-state index in [2.05, 4.69) is 0 Å². The van der Waals surface area contributed by atoms with Gasteiger partial charge in [-0.05, 0) is 43.3 Å². The molecule has 0 spiro atoms. The van der Waals surface area contributed by atoms with E-state index in [0.29, 0.717) is 34.1 Å². The van der Waals surface area contributed by atoms with Gasteiger partial charge in [-0.3, -0.25) is 9.59 Å². The van der Waals surface area contributed by atoms with Crippen molar-refractivity contribution in [2.75, 3.05) is 27.9 Å². The Morgan fingerprint density at radius 3 is 1.84 bits per heavy atom. The highest BCUT2D eigenvalue weighted by atomic mass is 16.5. The fraction of sp³-hybridized carbons (Fsp3) is 0.263. The van der Waals surface area contributed by atoms with Gasteiger partial charge in [0.25, 0.3) is 0 Å². The molecule has 0 aliphatic carbocycles. The topological polar surface area (TPSA) is 71.1 Å². The highest BCUT2D eigenvalue weighted by molar-refractivity contribution is 5.98. The van der Waals surface area contributed by atoms with Gasteiger partial charge < -0.3 is 18.9 Å². The van der Waals surface area contributed by atoms with E-state index in [1.807, 2.05) is 0 Å². The number of methoxy groups -OCH3 is 3. The molecular formula is C19H20O6. The van der Waals surface area contributed by atoms with Crippen molar-refractivity contribution in [3.63, 3.8) is 0 Å². The predicted molar refractivity (Wildman–Crippen MR) is 92.4 cm³/mol. The number of rotatable bonds is 8. The van der Waals surface area contributed by atoms with Crippen LogP contribution in [0.1, 0.15) is 27.6 Å². The van der Waals surface area contributed by atoms with Crippen molar-refractivity contribution < 1.29 is 28.5 Å². The molecule has 0 atom stereocenters. The number of Topliss-reactive ketones (excluding diaryl/α,β-unsaturated/α-hetero) is 2. The maximum absolute atomic E-state index is 12.4. The molecule has 0 radical (unpaired) electrons. The maximum Gasteiger partial charge on any atom is 0.203 e. The molecular weight excluding hydrogens is 324 g/mol. The van der Waals surface area contributed by atoms with Gasteiger partial charge in [-0.2, -0.15) is 0 Å². The zero-order valence-corrected chi connectivity index (χ0v) is 14.6. The second kappa shape index (κ2) is 8.19. The Kier molecular flexibility index (Phi) is 6.00. The molecule has 0 bridgehead atoms. The van der Waals surface area contributed by atoms with Crippen molar-refractivity contribution in [1.82, 2.24) is 0 Å². The summed E-state index contributed by atoms with van der Waals surface area (Å²) in [4.78, 5) is 23.7. The number of carbonyl (C=O) groups is 2. The van der Waals surface area contributed by atoms with Crippen LogP contribution in [0.3, 0.4) is 0 Å². The first kappa shape index (κ1) is 18.3. The van der Waals surface area contributed by atoms with E-state index >= 15 is 0 Å². The van der Waals surface area contributed by atoms with Crippen LogP contribution in [0.15, 0.2) is 36.4 Å². The Labute approximate surface area is 146 Å². The minimum absolute atomic E-state index is 0.0277. The Bertz CT molecular complexity index is 739. The highest BCUT2D eigenvalue weighted by Crippen LogP contribution is 2.38. The molecule has 0 aliphatic heterocycles. The van der Waals surface area contributed by atoms with Crippen LogP contribution in [0.25, 0.3) is 0 Å². The normalized spacial score (nSPS) is 10.1. The molecule has 2 rings (SSSR count). The third-order valence-corrected chi connectivity index (χ3v) is 3.62. The molecule has 132 valence electrons. The van der Waals surface area contributed by atoms with Gasteiger partial charge >= 0.3 is 0 Å². The van der Waals surface area contributed by atoms with E-state index in [9.17, 15) is 9.59 Å². The monoisotopic (exact) mass is 344 g/mol. The van der Waals surface area contributed by atoms with Crippen molar-refractivity contribution in [2.45, 2.75) is 6.92 Å². The molecule has 0 N–H and O–H groups in total. The summed E-state index contributed by atoms with van der Waals surface area (Å²) >= 11 is 0. The molecule has 0 unspecified atom stereocenters. The molecule has 6 nitrogen and oxygen atoms in total. The molecule has 0 heterocycles. The van der Waals surface area contributed by atoms with Crippen molar-refractivity contribution in [1.29, 1.82) is 0 Å². The number of benzene rings is 2. The number of carbonyl (C=O) groups excluding carboxylic acids is 2. The lowest BCUT2D eigenvalue weighted by molar-refractivity contribution is 0.0919. The second-order valence-corrected chi connectivity index (χ2v) is 5.21. The average Bonchev–Trinajstić information content (AvgIpc) is 2.64. The lowest BCUT2D eigenvalue weighted by Gasteiger charge is -2.14. The third-order valence-electron chi connectivity index (χ3n) is 3.62. The average molecular weight is 344 g/mol. The number of hydrogen-bond acceptors (Lipinski definition) is 6. The van der Waals surface area contributed by atoms with Gasteiger partial charge in [0, 0.05) is 11.1 Å². The second-order valence-electron chi connectivity index (χ2n) is 5.21. The summed E-state index contributed by atoms with van der Waals surface area (Å²) in [6.07, 6.45) is 0. The van der Waals surface area contributed by atoms with Gasteiger partial charge in [-0.25, -0.2) is 0 Å². The Hall–Kier alpha value is -3.02. The van der Waals surface area contributed by atoms with E-state index in [1.165, 1.54) is 28.3 Å². The molecule has 0 saturated heterocycles. The SMILES string of the molecule is COc1cc(C(=O)COc2ccc(C(C)=O)cc2)cc(OC)c1OC. The zero-order chi connectivity index (χ0) is 18.4.